The van der Waals surface area contributed by atoms with E-state index in [1.165, 1.54) is 0 Å². The Morgan fingerprint density at radius 1 is 1.05 bits per heavy atom. The number of benzene rings is 3. The molecule has 2 heterocycles. The number of anilines is 1. The average Bonchev–Trinajstić information content (AvgIpc) is 3.41. The highest BCUT2D eigenvalue weighted by molar-refractivity contribution is 8.18. The van der Waals surface area contributed by atoms with Crippen LogP contribution in [0.25, 0.3) is 11.8 Å². The summed E-state index contributed by atoms with van der Waals surface area (Å²) in [6.45, 7) is 3.76. The van der Waals surface area contributed by atoms with Crippen LogP contribution < -0.4 is 10.1 Å². The summed E-state index contributed by atoms with van der Waals surface area (Å²) in [4.78, 5) is 39.4. The highest BCUT2D eigenvalue weighted by Gasteiger charge is 2.36. The molecule has 0 radical (unpaired) electrons. The van der Waals surface area contributed by atoms with Gasteiger partial charge in [0.05, 0.1) is 27.2 Å². The molecule has 1 saturated heterocycles. The predicted molar refractivity (Wildman–Crippen MR) is 163 cm³/mol. The van der Waals surface area contributed by atoms with Crippen molar-refractivity contribution in [2.24, 2.45) is 0 Å². The fourth-order valence-corrected chi connectivity index (χ4v) is 5.62. The molecule has 5 rings (SSSR count). The molecule has 0 aliphatic carbocycles. The van der Waals surface area contributed by atoms with Gasteiger partial charge < -0.3 is 14.6 Å². The van der Waals surface area contributed by atoms with E-state index in [0.29, 0.717) is 22.0 Å². The molecule has 3 aromatic carbocycles. The molecular formula is C32H25ClN4O4S. The van der Waals surface area contributed by atoms with Crippen molar-refractivity contribution in [1.29, 1.82) is 5.26 Å². The number of nitrogens with zero attached hydrogens (tertiary/aromatic N) is 3. The smallest absolute Gasteiger partial charge is 0.294 e. The van der Waals surface area contributed by atoms with Crippen molar-refractivity contribution in [1.82, 2.24) is 9.47 Å². The molecule has 1 aromatic heterocycles. The van der Waals surface area contributed by atoms with E-state index in [4.69, 9.17) is 16.3 Å². The third-order valence-electron chi connectivity index (χ3n) is 6.71. The van der Waals surface area contributed by atoms with E-state index in [0.717, 1.165) is 44.9 Å². The Kier molecular flexibility index (Phi) is 8.48. The summed E-state index contributed by atoms with van der Waals surface area (Å²) in [7, 11) is 0. The molecule has 8 nitrogen and oxygen atoms in total. The van der Waals surface area contributed by atoms with E-state index >= 15 is 0 Å². The van der Waals surface area contributed by atoms with Gasteiger partial charge in [-0.25, -0.2) is 0 Å². The molecule has 1 N–H and O–H groups in total. The third-order valence-corrected chi connectivity index (χ3v) is 7.94. The number of para-hydroxylation sites is 1. The first kappa shape index (κ1) is 28.7. The van der Waals surface area contributed by atoms with Crippen LogP contribution in [0.2, 0.25) is 5.02 Å². The molecule has 10 heteroatoms. The Morgan fingerprint density at radius 2 is 1.76 bits per heavy atom. The van der Waals surface area contributed by atoms with Gasteiger partial charge in [-0.15, -0.1) is 0 Å². The van der Waals surface area contributed by atoms with Crippen molar-refractivity contribution in [3.63, 3.8) is 0 Å². The monoisotopic (exact) mass is 596 g/mol. The van der Waals surface area contributed by atoms with Gasteiger partial charge in [-0.2, -0.15) is 5.26 Å². The molecule has 0 unspecified atom stereocenters. The lowest BCUT2D eigenvalue weighted by Crippen LogP contribution is -2.36. The highest BCUT2D eigenvalue weighted by atomic mass is 35.5. The summed E-state index contributed by atoms with van der Waals surface area (Å²) >= 11 is 6.89. The Labute approximate surface area is 252 Å². The Morgan fingerprint density at radius 3 is 2.50 bits per heavy atom. The van der Waals surface area contributed by atoms with Crippen molar-refractivity contribution in [3.05, 3.63) is 117 Å². The Bertz CT molecular complexity index is 1770. The second kappa shape index (κ2) is 12.4. The Balaban J connectivity index is 1.28. The number of hydrogen-bond acceptors (Lipinski definition) is 6. The van der Waals surface area contributed by atoms with Gasteiger partial charge >= 0.3 is 0 Å². The number of carbonyl (C=O) groups is 3. The van der Waals surface area contributed by atoms with Crippen molar-refractivity contribution in [2.45, 2.75) is 20.5 Å². The summed E-state index contributed by atoms with van der Waals surface area (Å²) in [5.41, 5.74) is 5.31. The van der Waals surface area contributed by atoms with Crippen molar-refractivity contribution in [3.8, 4) is 17.5 Å². The standard InChI is InChI=1S/C32H25ClN4O4S/c1-20-15-24(16-29-31(39)36(32(40)42-29)18-30(38)35-28-10-6-5-9-27(28)33)21(2)37(20)25-11-13-26(14-12-25)41-19-23-8-4-3-7-22(23)17-34/h3-16H,18-19H2,1-2H3,(H,35,38)/b29-16+. The van der Waals surface area contributed by atoms with Crippen molar-refractivity contribution in [2.75, 3.05) is 11.9 Å². The van der Waals surface area contributed by atoms with E-state index in [-0.39, 0.29) is 11.5 Å². The van der Waals surface area contributed by atoms with Crippen molar-refractivity contribution < 1.29 is 19.1 Å². The number of aromatic nitrogens is 1. The maximum atomic E-state index is 13.1. The molecule has 1 fully saturated rings. The maximum Gasteiger partial charge on any atom is 0.294 e. The number of aryl methyl sites for hydroxylation is 1. The number of thioether (sulfide) groups is 1. The van der Waals surface area contributed by atoms with Gasteiger partial charge in [-0.3, -0.25) is 19.3 Å². The minimum Gasteiger partial charge on any atom is -0.489 e. The summed E-state index contributed by atoms with van der Waals surface area (Å²) in [6.07, 6.45) is 1.68. The number of nitriles is 1. The lowest BCUT2D eigenvalue weighted by molar-refractivity contribution is -0.127. The number of amides is 3. The first-order chi connectivity index (χ1) is 20.2. The van der Waals surface area contributed by atoms with Crippen LogP contribution in [-0.4, -0.2) is 33.1 Å². The molecule has 0 spiro atoms. The number of rotatable bonds is 8. The van der Waals surface area contributed by atoms with Gasteiger partial charge in [0.25, 0.3) is 11.1 Å². The molecule has 1 aliphatic heterocycles. The quantitative estimate of drug-likeness (QED) is 0.223. The van der Waals surface area contributed by atoms with Crippen LogP contribution in [0.15, 0.2) is 83.8 Å². The van der Waals surface area contributed by atoms with Crippen LogP contribution in [0.5, 0.6) is 5.75 Å². The van der Waals surface area contributed by atoms with Gasteiger partial charge in [0, 0.05) is 22.6 Å². The summed E-state index contributed by atoms with van der Waals surface area (Å²) in [6, 6.07) is 25.8. The number of hydrogen-bond donors (Lipinski definition) is 1. The van der Waals surface area contributed by atoms with Crippen molar-refractivity contribution >= 4 is 52.2 Å². The molecule has 0 bridgehead atoms. The van der Waals surface area contributed by atoms with Crippen LogP contribution in [0.4, 0.5) is 10.5 Å². The number of nitrogens with one attached hydrogen (secondary N) is 1. The first-order valence-corrected chi connectivity index (χ1v) is 14.1. The Hall–Kier alpha value is -4.78. The van der Waals surface area contributed by atoms with Crippen LogP contribution in [-0.2, 0) is 16.2 Å². The zero-order valence-electron chi connectivity index (χ0n) is 22.8. The zero-order valence-corrected chi connectivity index (χ0v) is 24.3. The number of halogens is 1. The van der Waals surface area contributed by atoms with Crippen LogP contribution in [0.3, 0.4) is 0 Å². The minimum atomic E-state index is -0.524. The SMILES string of the molecule is Cc1cc(/C=C2/SC(=O)N(CC(=O)Nc3ccccc3Cl)C2=O)c(C)n1-c1ccc(OCc2ccccc2C#N)cc1. The highest BCUT2D eigenvalue weighted by Crippen LogP contribution is 2.34. The molecule has 0 atom stereocenters. The minimum absolute atomic E-state index is 0.243. The van der Waals surface area contributed by atoms with Crippen LogP contribution in [0, 0.1) is 25.2 Å². The van der Waals surface area contributed by atoms with Crippen LogP contribution in [0.1, 0.15) is 28.1 Å². The summed E-state index contributed by atoms with van der Waals surface area (Å²) in [5, 5.41) is 11.8. The van der Waals surface area contributed by atoms with Crippen LogP contribution >= 0.6 is 23.4 Å². The zero-order chi connectivity index (χ0) is 29.8. The third kappa shape index (κ3) is 6.10. The predicted octanol–water partition coefficient (Wildman–Crippen LogP) is 6.87. The topological polar surface area (TPSA) is 104 Å². The van der Waals surface area contributed by atoms with E-state index < -0.39 is 23.6 Å². The summed E-state index contributed by atoms with van der Waals surface area (Å²) in [5.74, 6) is -0.378. The molecule has 4 aromatic rings. The van der Waals surface area contributed by atoms with E-state index in [9.17, 15) is 19.6 Å². The fraction of sp³-hybridized carbons (Fsp3) is 0.125. The second-order valence-electron chi connectivity index (χ2n) is 9.51. The number of ether oxygens (including phenoxy) is 1. The normalized spacial score (nSPS) is 13.9. The molecule has 210 valence electrons. The molecule has 1 aliphatic rings. The fourth-order valence-electron chi connectivity index (χ4n) is 4.61. The molecule has 0 saturated carbocycles. The number of carbonyl (C=O) groups excluding carboxylic acids is 3. The van der Waals surface area contributed by atoms with E-state index in [1.54, 1.807) is 36.4 Å². The first-order valence-electron chi connectivity index (χ1n) is 12.9. The molecule has 3 amide bonds. The van der Waals surface area contributed by atoms with Gasteiger partial charge in [-0.05, 0) is 85.8 Å². The lowest BCUT2D eigenvalue weighted by Gasteiger charge is -2.13. The summed E-state index contributed by atoms with van der Waals surface area (Å²) < 4.78 is 7.94. The van der Waals surface area contributed by atoms with Gasteiger partial charge in [0.1, 0.15) is 18.9 Å². The maximum absolute atomic E-state index is 13.1. The number of imide groups is 1. The molecule has 42 heavy (non-hydrogen) atoms. The molecular weight excluding hydrogens is 572 g/mol. The lowest BCUT2D eigenvalue weighted by atomic mass is 10.1. The van der Waals surface area contributed by atoms with Gasteiger partial charge in [0.15, 0.2) is 0 Å². The van der Waals surface area contributed by atoms with Gasteiger partial charge in [0.2, 0.25) is 5.91 Å². The van der Waals surface area contributed by atoms with E-state index in [1.807, 2.05) is 66.9 Å². The average molecular weight is 597 g/mol. The second-order valence-corrected chi connectivity index (χ2v) is 10.9. The van der Waals surface area contributed by atoms with E-state index in [2.05, 4.69) is 11.4 Å². The van der Waals surface area contributed by atoms with Gasteiger partial charge in [-0.1, -0.05) is 41.9 Å². The largest absolute Gasteiger partial charge is 0.489 e.